The van der Waals surface area contributed by atoms with Gasteiger partial charge in [-0.15, -0.1) is 0 Å². The van der Waals surface area contributed by atoms with Crippen LogP contribution < -0.4 is 10.5 Å². The Labute approximate surface area is 109 Å². The zero-order valence-electron chi connectivity index (χ0n) is 8.75. The maximum atomic E-state index is 13.4. The van der Waals surface area contributed by atoms with Crippen molar-refractivity contribution in [3.8, 4) is 11.6 Å². The lowest BCUT2D eigenvalue weighted by molar-refractivity contribution is 0.395. The standard InChI is InChI=1S/C11H6BrF3N2O/c12-5-1-8(15)11(17-4-5)18-10-3-6(13)9(16)2-7(10)14/h1-4H,16H2. The van der Waals surface area contributed by atoms with Crippen LogP contribution in [0.1, 0.15) is 0 Å². The van der Waals surface area contributed by atoms with E-state index in [-0.39, 0.29) is 5.69 Å². The van der Waals surface area contributed by atoms with Crippen molar-refractivity contribution in [3.05, 3.63) is 46.3 Å². The number of nitrogens with two attached hydrogens (primary N) is 1. The van der Waals surface area contributed by atoms with Crippen molar-refractivity contribution in [2.45, 2.75) is 0 Å². The second kappa shape index (κ2) is 4.85. The van der Waals surface area contributed by atoms with Gasteiger partial charge in [-0.25, -0.2) is 18.2 Å². The van der Waals surface area contributed by atoms with Crippen molar-refractivity contribution >= 4 is 21.6 Å². The highest BCUT2D eigenvalue weighted by Gasteiger charge is 2.13. The summed E-state index contributed by atoms with van der Waals surface area (Å²) in [5, 5.41) is 0. The summed E-state index contributed by atoms with van der Waals surface area (Å²) in [6.07, 6.45) is 1.27. The van der Waals surface area contributed by atoms with Crippen LogP contribution in [0.15, 0.2) is 28.9 Å². The summed E-state index contributed by atoms with van der Waals surface area (Å²) in [6, 6.07) is 2.57. The SMILES string of the molecule is Nc1cc(F)c(Oc2ncc(Br)cc2F)cc1F. The Morgan fingerprint density at radius 2 is 1.78 bits per heavy atom. The molecule has 0 atom stereocenters. The predicted octanol–water partition coefficient (Wildman–Crippen LogP) is 3.64. The fourth-order valence-electron chi connectivity index (χ4n) is 1.20. The van der Waals surface area contributed by atoms with E-state index in [1.54, 1.807) is 0 Å². The number of aromatic nitrogens is 1. The predicted molar refractivity (Wildman–Crippen MR) is 62.7 cm³/mol. The molecule has 0 aliphatic rings. The van der Waals surface area contributed by atoms with E-state index in [0.29, 0.717) is 4.47 Å². The van der Waals surface area contributed by atoms with Crippen molar-refractivity contribution in [3.63, 3.8) is 0 Å². The molecule has 94 valence electrons. The molecule has 0 spiro atoms. The highest BCUT2D eigenvalue weighted by molar-refractivity contribution is 9.10. The first-order valence-electron chi connectivity index (χ1n) is 4.71. The molecule has 2 rings (SSSR count). The average Bonchev–Trinajstić information content (AvgIpc) is 2.29. The smallest absolute Gasteiger partial charge is 0.256 e. The quantitative estimate of drug-likeness (QED) is 0.860. The summed E-state index contributed by atoms with van der Waals surface area (Å²) in [4.78, 5) is 3.60. The topological polar surface area (TPSA) is 48.1 Å². The van der Waals surface area contributed by atoms with Gasteiger partial charge in [0.05, 0.1) is 5.69 Å². The second-order valence-electron chi connectivity index (χ2n) is 3.35. The molecule has 3 nitrogen and oxygen atoms in total. The van der Waals surface area contributed by atoms with Gasteiger partial charge in [-0.05, 0) is 22.0 Å². The molecular weight excluding hydrogens is 313 g/mol. The van der Waals surface area contributed by atoms with E-state index in [1.165, 1.54) is 6.20 Å². The summed E-state index contributed by atoms with van der Waals surface area (Å²) in [5.74, 6) is -3.51. The molecule has 0 aliphatic heterocycles. The van der Waals surface area contributed by atoms with Crippen molar-refractivity contribution in [1.29, 1.82) is 0 Å². The number of hydrogen-bond donors (Lipinski definition) is 1. The minimum atomic E-state index is -0.905. The molecule has 0 unspecified atom stereocenters. The van der Waals surface area contributed by atoms with Crippen LogP contribution in [0.2, 0.25) is 0 Å². The number of ether oxygens (including phenoxy) is 1. The van der Waals surface area contributed by atoms with Gasteiger partial charge in [-0.2, -0.15) is 0 Å². The van der Waals surface area contributed by atoms with Gasteiger partial charge in [-0.3, -0.25) is 0 Å². The molecule has 1 aromatic carbocycles. The maximum Gasteiger partial charge on any atom is 0.256 e. The van der Waals surface area contributed by atoms with Crippen LogP contribution in [-0.4, -0.2) is 4.98 Å². The minimum Gasteiger partial charge on any atom is -0.433 e. The Morgan fingerprint density at radius 3 is 2.44 bits per heavy atom. The maximum absolute atomic E-state index is 13.4. The number of nitrogens with zero attached hydrogens (tertiary/aromatic N) is 1. The molecule has 0 saturated carbocycles. The van der Waals surface area contributed by atoms with Crippen LogP contribution in [0.3, 0.4) is 0 Å². The Balaban J connectivity index is 2.37. The Bertz CT molecular complexity index is 607. The van der Waals surface area contributed by atoms with Crippen molar-refractivity contribution in [2.75, 3.05) is 5.73 Å². The summed E-state index contributed by atoms with van der Waals surface area (Å²) in [7, 11) is 0. The highest BCUT2D eigenvalue weighted by atomic mass is 79.9. The molecule has 2 N–H and O–H groups in total. The van der Waals surface area contributed by atoms with Crippen molar-refractivity contribution < 1.29 is 17.9 Å². The van der Waals surface area contributed by atoms with E-state index in [0.717, 1.165) is 18.2 Å². The van der Waals surface area contributed by atoms with E-state index >= 15 is 0 Å². The van der Waals surface area contributed by atoms with E-state index in [1.807, 2.05) is 0 Å². The number of anilines is 1. The third kappa shape index (κ3) is 2.56. The molecular formula is C11H6BrF3N2O. The van der Waals surface area contributed by atoms with Crippen LogP contribution in [0.25, 0.3) is 0 Å². The summed E-state index contributed by atoms with van der Waals surface area (Å²) < 4.78 is 45.2. The fraction of sp³-hybridized carbons (Fsp3) is 0. The largest absolute Gasteiger partial charge is 0.433 e. The molecule has 1 heterocycles. The van der Waals surface area contributed by atoms with Gasteiger partial charge in [0.2, 0.25) is 0 Å². The van der Waals surface area contributed by atoms with Crippen LogP contribution in [0.5, 0.6) is 11.6 Å². The third-order valence-electron chi connectivity index (χ3n) is 2.03. The molecule has 0 radical (unpaired) electrons. The molecule has 0 amide bonds. The van der Waals surface area contributed by atoms with Gasteiger partial charge in [-0.1, -0.05) is 0 Å². The lowest BCUT2D eigenvalue weighted by Gasteiger charge is -2.07. The molecule has 0 fully saturated rings. The normalized spacial score (nSPS) is 10.4. The molecule has 0 aliphatic carbocycles. The van der Waals surface area contributed by atoms with Crippen LogP contribution >= 0.6 is 15.9 Å². The number of hydrogen-bond acceptors (Lipinski definition) is 3. The fourth-order valence-corrected chi connectivity index (χ4v) is 1.51. The third-order valence-corrected chi connectivity index (χ3v) is 2.47. The summed E-state index contributed by atoms with van der Waals surface area (Å²) in [5.41, 5.74) is 4.81. The number of halogens is 4. The van der Waals surface area contributed by atoms with Gasteiger partial charge in [0.1, 0.15) is 5.82 Å². The summed E-state index contributed by atoms with van der Waals surface area (Å²) >= 11 is 3.01. The number of benzene rings is 1. The Hall–Kier alpha value is -1.76. The zero-order chi connectivity index (χ0) is 13.3. The Kier molecular flexibility index (Phi) is 3.42. The molecule has 18 heavy (non-hydrogen) atoms. The van der Waals surface area contributed by atoms with Gasteiger partial charge < -0.3 is 10.5 Å². The second-order valence-corrected chi connectivity index (χ2v) is 4.26. The van der Waals surface area contributed by atoms with Gasteiger partial charge in [0, 0.05) is 22.8 Å². The molecule has 1 aromatic heterocycles. The number of pyridine rings is 1. The van der Waals surface area contributed by atoms with Gasteiger partial charge in [0.15, 0.2) is 17.4 Å². The average molecular weight is 319 g/mol. The van der Waals surface area contributed by atoms with Crippen molar-refractivity contribution in [2.24, 2.45) is 0 Å². The van der Waals surface area contributed by atoms with E-state index in [9.17, 15) is 13.2 Å². The lowest BCUT2D eigenvalue weighted by Crippen LogP contribution is -1.98. The van der Waals surface area contributed by atoms with Crippen LogP contribution in [-0.2, 0) is 0 Å². The number of nitrogen functional groups attached to an aromatic ring is 1. The monoisotopic (exact) mass is 318 g/mol. The first kappa shape index (κ1) is 12.7. The highest BCUT2D eigenvalue weighted by Crippen LogP contribution is 2.28. The molecule has 7 heteroatoms. The lowest BCUT2D eigenvalue weighted by atomic mass is 10.3. The number of rotatable bonds is 2. The molecule has 2 aromatic rings. The first-order chi connectivity index (χ1) is 8.47. The summed E-state index contributed by atoms with van der Waals surface area (Å²) in [6.45, 7) is 0. The van der Waals surface area contributed by atoms with Crippen LogP contribution in [0.4, 0.5) is 18.9 Å². The van der Waals surface area contributed by atoms with E-state index in [4.69, 9.17) is 10.5 Å². The van der Waals surface area contributed by atoms with Crippen molar-refractivity contribution in [1.82, 2.24) is 4.98 Å². The minimum absolute atomic E-state index is 0.357. The Morgan fingerprint density at radius 1 is 1.06 bits per heavy atom. The van der Waals surface area contributed by atoms with E-state index < -0.39 is 29.1 Å². The van der Waals surface area contributed by atoms with Gasteiger partial charge >= 0.3 is 0 Å². The van der Waals surface area contributed by atoms with E-state index in [2.05, 4.69) is 20.9 Å². The van der Waals surface area contributed by atoms with Gasteiger partial charge in [0.25, 0.3) is 5.88 Å². The first-order valence-corrected chi connectivity index (χ1v) is 5.50. The molecule has 0 bridgehead atoms. The zero-order valence-corrected chi connectivity index (χ0v) is 10.3. The molecule has 0 saturated heterocycles. The van der Waals surface area contributed by atoms with Crippen LogP contribution in [0, 0.1) is 17.5 Å².